The standard InChI is InChI=1S/C11H10ClF3OS/c1-6-8(10(16)7(2)12)4-3-5-9(6)17-11(13,14)15/h3-5,7H,1-2H3. The van der Waals surface area contributed by atoms with Crippen LogP contribution >= 0.6 is 23.4 Å². The van der Waals surface area contributed by atoms with Gasteiger partial charge in [-0.25, -0.2) is 0 Å². The Morgan fingerprint density at radius 2 is 2.00 bits per heavy atom. The monoisotopic (exact) mass is 282 g/mol. The lowest BCUT2D eigenvalue weighted by Crippen LogP contribution is -2.12. The number of Topliss-reactive ketones (excluding diaryl/α,β-unsaturated/α-hetero) is 1. The van der Waals surface area contributed by atoms with Crippen LogP contribution in [0.2, 0.25) is 0 Å². The fraction of sp³-hybridized carbons (Fsp3) is 0.364. The summed E-state index contributed by atoms with van der Waals surface area (Å²) in [5.41, 5.74) is -3.81. The molecular weight excluding hydrogens is 273 g/mol. The van der Waals surface area contributed by atoms with E-state index in [0.29, 0.717) is 5.56 Å². The molecule has 1 rings (SSSR count). The fourth-order valence-electron chi connectivity index (χ4n) is 1.33. The zero-order valence-electron chi connectivity index (χ0n) is 9.14. The average molecular weight is 283 g/mol. The van der Waals surface area contributed by atoms with E-state index < -0.39 is 10.9 Å². The number of hydrogen-bond acceptors (Lipinski definition) is 2. The van der Waals surface area contributed by atoms with E-state index in [1.807, 2.05) is 0 Å². The summed E-state index contributed by atoms with van der Waals surface area (Å²) in [5.74, 6) is -0.367. The van der Waals surface area contributed by atoms with Crippen LogP contribution < -0.4 is 0 Å². The van der Waals surface area contributed by atoms with E-state index in [1.165, 1.54) is 32.0 Å². The highest BCUT2D eigenvalue weighted by Crippen LogP contribution is 2.39. The first-order valence-electron chi connectivity index (χ1n) is 4.76. The summed E-state index contributed by atoms with van der Waals surface area (Å²) in [6, 6.07) is 4.24. The number of halogens is 4. The second-order valence-electron chi connectivity index (χ2n) is 3.46. The van der Waals surface area contributed by atoms with Crippen LogP contribution in [0.5, 0.6) is 0 Å². The fourth-order valence-corrected chi connectivity index (χ4v) is 2.11. The minimum atomic E-state index is -4.36. The predicted molar refractivity (Wildman–Crippen MR) is 62.7 cm³/mol. The first kappa shape index (κ1) is 14.4. The van der Waals surface area contributed by atoms with Gasteiger partial charge in [0.1, 0.15) is 0 Å². The molecule has 0 aliphatic heterocycles. The molecule has 1 aromatic rings. The second kappa shape index (κ2) is 5.31. The molecule has 0 aliphatic carbocycles. The zero-order valence-corrected chi connectivity index (χ0v) is 10.7. The lowest BCUT2D eigenvalue weighted by molar-refractivity contribution is -0.0328. The summed E-state index contributed by atoms with van der Waals surface area (Å²) < 4.78 is 36.8. The number of alkyl halides is 4. The van der Waals surface area contributed by atoms with E-state index in [9.17, 15) is 18.0 Å². The highest BCUT2D eigenvalue weighted by Gasteiger charge is 2.30. The third-order valence-electron chi connectivity index (χ3n) is 2.14. The summed E-state index contributed by atoms with van der Waals surface area (Å²) >= 11 is 5.42. The van der Waals surface area contributed by atoms with Crippen LogP contribution in [-0.2, 0) is 0 Å². The molecule has 0 aliphatic rings. The lowest BCUT2D eigenvalue weighted by Gasteiger charge is -2.12. The van der Waals surface area contributed by atoms with Crippen molar-refractivity contribution in [1.29, 1.82) is 0 Å². The molecule has 1 nitrogen and oxygen atoms in total. The minimum absolute atomic E-state index is 0.0284. The summed E-state index contributed by atoms with van der Waals surface area (Å²) in [6.45, 7) is 2.98. The van der Waals surface area contributed by atoms with Gasteiger partial charge in [0, 0.05) is 10.5 Å². The molecule has 1 aromatic carbocycles. The first-order valence-corrected chi connectivity index (χ1v) is 6.01. The molecule has 0 spiro atoms. The third kappa shape index (κ3) is 3.92. The largest absolute Gasteiger partial charge is 0.446 e. The van der Waals surface area contributed by atoms with Gasteiger partial charge in [-0.05, 0) is 37.2 Å². The van der Waals surface area contributed by atoms with Crippen LogP contribution in [-0.4, -0.2) is 16.7 Å². The molecule has 0 bridgehead atoms. The van der Waals surface area contributed by atoms with Crippen molar-refractivity contribution >= 4 is 29.1 Å². The highest BCUT2D eigenvalue weighted by atomic mass is 35.5. The Morgan fingerprint density at radius 3 is 2.47 bits per heavy atom. The minimum Gasteiger partial charge on any atom is -0.293 e. The van der Waals surface area contributed by atoms with Crippen molar-refractivity contribution in [3.63, 3.8) is 0 Å². The summed E-state index contributed by atoms with van der Waals surface area (Å²) in [6.07, 6.45) is 0. The molecule has 1 atom stereocenters. The summed E-state index contributed by atoms with van der Waals surface area (Å²) in [4.78, 5) is 11.7. The molecule has 0 saturated heterocycles. The van der Waals surface area contributed by atoms with Crippen molar-refractivity contribution < 1.29 is 18.0 Å². The van der Waals surface area contributed by atoms with Gasteiger partial charge in [0.2, 0.25) is 0 Å². The number of hydrogen-bond donors (Lipinski definition) is 0. The van der Waals surface area contributed by atoms with Crippen LogP contribution in [0.1, 0.15) is 22.8 Å². The van der Waals surface area contributed by atoms with E-state index in [0.717, 1.165) is 0 Å². The van der Waals surface area contributed by atoms with Crippen molar-refractivity contribution in [2.24, 2.45) is 0 Å². The van der Waals surface area contributed by atoms with Crippen molar-refractivity contribution in [3.05, 3.63) is 29.3 Å². The van der Waals surface area contributed by atoms with Gasteiger partial charge in [-0.3, -0.25) is 4.79 Å². The molecule has 0 N–H and O–H groups in total. The quantitative estimate of drug-likeness (QED) is 0.464. The van der Waals surface area contributed by atoms with Crippen LogP contribution in [0, 0.1) is 6.92 Å². The molecule has 6 heteroatoms. The van der Waals surface area contributed by atoms with Gasteiger partial charge < -0.3 is 0 Å². The van der Waals surface area contributed by atoms with E-state index in [2.05, 4.69) is 0 Å². The number of rotatable bonds is 3. The molecule has 0 saturated carbocycles. The Balaban J connectivity index is 3.12. The molecule has 0 heterocycles. The molecule has 94 valence electrons. The maximum Gasteiger partial charge on any atom is 0.446 e. The topological polar surface area (TPSA) is 17.1 Å². The Bertz CT molecular complexity index is 429. The first-order chi connectivity index (χ1) is 7.72. The van der Waals surface area contributed by atoms with E-state index in [1.54, 1.807) is 0 Å². The molecule has 0 aromatic heterocycles. The number of ketones is 1. The van der Waals surface area contributed by atoms with Gasteiger partial charge in [0.05, 0.1) is 5.38 Å². The highest BCUT2D eigenvalue weighted by molar-refractivity contribution is 8.00. The van der Waals surface area contributed by atoms with Gasteiger partial charge in [-0.2, -0.15) is 13.2 Å². The Hall–Kier alpha value is -0.680. The van der Waals surface area contributed by atoms with Gasteiger partial charge in [0.25, 0.3) is 0 Å². The number of carbonyl (C=O) groups is 1. The second-order valence-corrected chi connectivity index (χ2v) is 5.22. The molecule has 0 amide bonds. The SMILES string of the molecule is Cc1c(SC(F)(F)F)cccc1C(=O)C(C)Cl. The summed E-state index contributed by atoms with van der Waals surface area (Å²) in [5, 5.41) is -0.750. The average Bonchev–Trinajstić information content (AvgIpc) is 2.18. The van der Waals surface area contributed by atoms with Gasteiger partial charge in [-0.15, -0.1) is 11.6 Å². The van der Waals surface area contributed by atoms with E-state index in [4.69, 9.17) is 11.6 Å². The van der Waals surface area contributed by atoms with Crippen molar-refractivity contribution in [2.45, 2.75) is 29.6 Å². The van der Waals surface area contributed by atoms with E-state index >= 15 is 0 Å². The smallest absolute Gasteiger partial charge is 0.293 e. The number of carbonyl (C=O) groups excluding carboxylic acids is 1. The van der Waals surface area contributed by atoms with Crippen molar-refractivity contribution in [1.82, 2.24) is 0 Å². The van der Waals surface area contributed by atoms with Crippen molar-refractivity contribution in [2.75, 3.05) is 0 Å². The van der Waals surface area contributed by atoms with Gasteiger partial charge in [-0.1, -0.05) is 12.1 Å². The van der Waals surface area contributed by atoms with Gasteiger partial charge in [0.15, 0.2) is 5.78 Å². The predicted octanol–water partition coefficient (Wildman–Crippen LogP) is 4.42. The maximum absolute atomic E-state index is 12.3. The zero-order chi connectivity index (χ0) is 13.2. The molecular formula is C11H10ClF3OS. The Labute approximate surface area is 106 Å². The van der Waals surface area contributed by atoms with E-state index in [-0.39, 0.29) is 28.0 Å². The third-order valence-corrected chi connectivity index (χ3v) is 3.23. The van der Waals surface area contributed by atoms with Crippen LogP contribution in [0.4, 0.5) is 13.2 Å². The molecule has 17 heavy (non-hydrogen) atoms. The molecule has 0 fully saturated rings. The Kier molecular flexibility index (Phi) is 4.49. The molecule has 0 radical (unpaired) electrons. The van der Waals surface area contributed by atoms with Crippen molar-refractivity contribution in [3.8, 4) is 0 Å². The summed E-state index contributed by atoms with van der Waals surface area (Å²) in [7, 11) is 0. The van der Waals surface area contributed by atoms with Crippen LogP contribution in [0.25, 0.3) is 0 Å². The number of benzene rings is 1. The maximum atomic E-state index is 12.3. The van der Waals surface area contributed by atoms with Gasteiger partial charge >= 0.3 is 5.51 Å². The number of thioether (sulfide) groups is 1. The van der Waals surface area contributed by atoms with Crippen LogP contribution in [0.3, 0.4) is 0 Å². The Morgan fingerprint density at radius 1 is 1.41 bits per heavy atom. The molecule has 1 unspecified atom stereocenters. The normalized spacial score (nSPS) is 13.5. The van der Waals surface area contributed by atoms with Crippen LogP contribution in [0.15, 0.2) is 23.1 Å². The lowest BCUT2D eigenvalue weighted by atomic mass is 10.0.